The van der Waals surface area contributed by atoms with Crippen molar-refractivity contribution in [1.29, 1.82) is 0 Å². The number of hydroxylamine groups is 1. The minimum Gasteiger partial charge on any atom is -0.622 e. The van der Waals surface area contributed by atoms with Gasteiger partial charge in [-0.2, -0.15) is 4.74 Å². The maximum absolute atomic E-state index is 12.8. The Morgan fingerprint density at radius 2 is 1.41 bits per heavy atom. The van der Waals surface area contributed by atoms with E-state index in [4.69, 9.17) is 33.2 Å². The molecule has 4 fully saturated rings. The van der Waals surface area contributed by atoms with Crippen LogP contribution < -0.4 is 0 Å². The van der Waals surface area contributed by atoms with E-state index < -0.39 is 48.0 Å². The van der Waals surface area contributed by atoms with Crippen LogP contribution in [0, 0.1) is 5.21 Å². The third kappa shape index (κ3) is 3.87. The Balaban J connectivity index is 1.53. The fourth-order valence-corrected chi connectivity index (χ4v) is 4.03. The topological polar surface area (TPSA) is 90.7 Å². The summed E-state index contributed by atoms with van der Waals surface area (Å²) in [6.45, 7) is 11.6. The quantitative estimate of drug-likeness (QED) is 0.308. The number of hydrogen-bond donors (Lipinski definition) is 0. The number of hydrogen-bond acceptors (Lipinski definition) is 8. The van der Waals surface area contributed by atoms with Gasteiger partial charge in [0.1, 0.15) is 18.3 Å². The minimum absolute atomic E-state index is 0.312. The van der Waals surface area contributed by atoms with Crippen molar-refractivity contribution in [1.82, 2.24) is 0 Å². The maximum atomic E-state index is 12.8. The summed E-state index contributed by atoms with van der Waals surface area (Å²) in [6.07, 6.45) is -1.64. The van der Waals surface area contributed by atoms with Gasteiger partial charge in [0.25, 0.3) is 6.23 Å². The van der Waals surface area contributed by atoms with E-state index in [-0.39, 0.29) is 6.10 Å². The SMILES string of the molecule is CC1(C)O[C@H]2[C@@H]([C@@H]3COC(C)(C)O3)O[C@@H](/[N+]([O-])=C/[C@H]3COC(C)(C)O3)[C@H]2O1. The molecule has 154 valence electrons. The normalized spacial score (nSPS) is 45.3. The lowest BCUT2D eigenvalue weighted by Gasteiger charge is -2.26. The van der Waals surface area contributed by atoms with Gasteiger partial charge in [0.15, 0.2) is 35.8 Å². The van der Waals surface area contributed by atoms with Crippen molar-refractivity contribution >= 4 is 6.21 Å². The molecule has 0 N–H and O–H groups in total. The minimum atomic E-state index is -0.860. The molecule has 4 heterocycles. The summed E-state index contributed by atoms with van der Waals surface area (Å²) in [7, 11) is 0. The first-order chi connectivity index (χ1) is 12.4. The molecular weight excluding hydrogens is 358 g/mol. The van der Waals surface area contributed by atoms with Gasteiger partial charge in [-0.1, -0.05) is 0 Å². The van der Waals surface area contributed by atoms with Crippen molar-refractivity contribution < 1.29 is 37.9 Å². The van der Waals surface area contributed by atoms with Crippen LogP contribution in [0.4, 0.5) is 0 Å². The van der Waals surface area contributed by atoms with Crippen molar-refractivity contribution in [2.45, 2.75) is 95.7 Å². The number of rotatable bonds is 3. The first-order valence-corrected chi connectivity index (χ1v) is 9.40. The predicted octanol–water partition coefficient (Wildman–Crippen LogP) is 1.12. The smallest absolute Gasteiger partial charge is 0.297 e. The van der Waals surface area contributed by atoms with Gasteiger partial charge in [-0.15, -0.1) is 0 Å². The average Bonchev–Trinajstić information content (AvgIpc) is 3.21. The molecule has 4 aliphatic rings. The zero-order chi connectivity index (χ0) is 19.6. The van der Waals surface area contributed by atoms with Gasteiger partial charge in [-0.3, -0.25) is 0 Å². The van der Waals surface area contributed by atoms with Gasteiger partial charge >= 0.3 is 0 Å². The van der Waals surface area contributed by atoms with Crippen LogP contribution in [0.5, 0.6) is 0 Å². The van der Waals surface area contributed by atoms with Crippen LogP contribution >= 0.6 is 0 Å². The van der Waals surface area contributed by atoms with Crippen LogP contribution in [0.15, 0.2) is 0 Å². The third-order valence-electron chi connectivity index (χ3n) is 5.06. The summed E-state index contributed by atoms with van der Waals surface area (Å²) in [4.78, 5) is 0. The van der Waals surface area contributed by atoms with E-state index in [0.717, 1.165) is 4.74 Å². The molecule has 0 bridgehead atoms. The molecule has 0 aliphatic carbocycles. The zero-order valence-corrected chi connectivity index (χ0v) is 16.7. The Morgan fingerprint density at radius 1 is 0.778 bits per heavy atom. The number of ether oxygens (including phenoxy) is 7. The van der Waals surface area contributed by atoms with Crippen LogP contribution in [0.2, 0.25) is 0 Å². The van der Waals surface area contributed by atoms with Crippen LogP contribution in [0.3, 0.4) is 0 Å². The van der Waals surface area contributed by atoms with Crippen molar-refractivity contribution in [3.05, 3.63) is 5.21 Å². The van der Waals surface area contributed by atoms with Gasteiger partial charge in [-0.05, 0) is 41.5 Å². The summed E-state index contributed by atoms with van der Waals surface area (Å²) >= 11 is 0. The fourth-order valence-electron chi connectivity index (χ4n) is 4.03. The van der Waals surface area contributed by atoms with E-state index in [1.807, 2.05) is 41.5 Å². The van der Waals surface area contributed by atoms with Crippen molar-refractivity contribution in [2.75, 3.05) is 13.2 Å². The molecule has 27 heavy (non-hydrogen) atoms. The maximum Gasteiger partial charge on any atom is 0.297 e. The zero-order valence-electron chi connectivity index (χ0n) is 16.7. The second kappa shape index (κ2) is 6.35. The summed E-state index contributed by atoms with van der Waals surface area (Å²) in [5.74, 6) is -2.21. The van der Waals surface area contributed by atoms with Gasteiger partial charge < -0.3 is 38.4 Å². The molecule has 0 radical (unpaired) electrons. The first kappa shape index (κ1) is 19.5. The van der Waals surface area contributed by atoms with Gasteiger partial charge in [-0.25, -0.2) is 0 Å². The highest BCUT2D eigenvalue weighted by molar-refractivity contribution is 5.58. The molecule has 9 heteroatoms. The Bertz CT molecular complexity index is 618. The first-order valence-electron chi connectivity index (χ1n) is 9.40. The molecule has 0 aromatic heterocycles. The molecule has 0 spiro atoms. The van der Waals surface area contributed by atoms with E-state index in [0.29, 0.717) is 13.2 Å². The lowest BCUT2D eigenvalue weighted by molar-refractivity contribution is -0.564. The van der Waals surface area contributed by atoms with E-state index in [1.54, 1.807) is 0 Å². The highest BCUT2D eigenvalue weighted by atomic mass is 16.8. The lowest BCUT2D eigenvalue weighted by Crippen LogP contribution is -2.40. The lowest BCUT2D eigenvalue weighted by atomic mass is 10.1. The molecule has 4 aliphatic heterocycles. The number of nitrogens with zero attached hydrogens (tertiary/aromatic N) is 1. The summed E-state index contributed by atoms with van der Waals surface area (Å²) in [5, 5.41) is 12.8. The highest BCUT2D eigenvalue weighted by Crippen LogP contribution is 2.42. The van der Waals surface area contributed by atoms with E-state index in [9.17, 15) is 5.21 Å². The predicted molar refractivity (Wildman–Crippen MR) is 92.0 cm³/mol. The Labute approximate surface area is 159 Å². The van der Waals surface area contributed by atoms with E-state index in [2.05, 4.69) is 0 Å². The Hall–Kier alpha value is -0.810. The Kier molecular flexibility index (Phi) is 4.59. The molecule has 0 amide bonds. The molecule has 0 unspecified atom stereocenters. The van der Waals surface area contributed by atoms with Crippen LogP contribution in [0.25, 0.3) is 0 Å². The summed E-state index contributed by atoms with van der Waals surface area (Å²) in [6, 6.07) is 0. The standard InChI is InChI=1S/C18H29NO8/c1-16(2)21-8-10(24-16)7-19(20)15-14-13(26-18(5,6)27-14)12(23-15)11-9-22-17(3,4)25-11/h7,10-15H,8-9H2,1-6H3/b19-7-/t10-,11-,12+,13-,14-,15+/m0/s1. The van der Waals surface area contributed by atoms with Crippen molar-refractivity contribution in [2.24, 2.45) is 0 Å². The molecule has 0 aromatic carbocycles. The Morgan fingerprint density at radius 3 is 2.00 bits per heavy atom. The third-order valence-corrected chi connectivity index (χ3v) is 5.06. The second-order valence-corrected chi connectivity index (χ2v) is 8.80. The van der Waals surface area contributed by atoms with Crippen LogP contribution in [0.1, 0.15) is 41.5 Å². The molecule has 4 rings (SSSR count). The average molecular weight is 387 g/mol. The molecule has 6 atom stereocenters. The highest BCUT2D eigenvalue weighted by Gasteiger charge is 2.62. The van der Waals surface area contributed by atoms with Gasteiger partial charge in [0, 0.05) is 0 Å². The largest absolute Gasteiger partial charge is 0.622 e. The summed E-state index contributed by atoms with van der Waals surface area (Å²) < 4.78 is 41.6. The molecular formula is C18H29NO8. The molecule has 4 saturated heterocycles. The van der Waals surface area contributed by atoms with Crippen molar-refractivity contribution in [3.63, 3.8) is 0 Å². The summed E-state index contributed by atoms with van der Waals surface area (Å²) in [5.41, 5.74) is 0. The molecule has 0 saturated carbocycles. The second-order valence-electron chi connectivity index (χ2n) is 8.80. The monoisotopic (exact) mass is 387 g/mol. The fraction of sp³-hybridized carbons (Fsp3) is 0.944. The van der Waals surface area contributed by atoms with Crippen LogP contribution in [-0.4, -0.2) is 78.3 Å². The van der Waals surface area contributed by atoms with E-state index in [1.165, 1.54) is 6.21 Å². The van der Waals surface area contributed by atoms with Gasteiger partial charge in [0.05, 0.1) is 13.2 Å². The van der Waals surface area contributed by atoms with Crippen molar-refractivity contribution in [3.8, 4) is 0 Å². The molecule has 9 nitrogen and oxygen atoms in total. The van der Waals surface area contributed by atoms with Crippen LogP contribution in [-0.2, 0) is 33.2 Å². The van der Waals surface area contributed by atoms with E-state index >= 15 is 0 Å². The number of fused-ring (bicyclic) bond motifs is 1. The van der Waals surface area contributed by atoms with Gasteiger partial charge in [0.2, 0.25) is 0 Å². The molecule has 0 aromatic rings.